The first-order valence-corrected chi connectivity index (χ1v) is 22.0. The Morgan fingerprint density at radius 3 is 1.94 bits per heavy atom. The second-order valence-corrected chi connectivity index (χ2v) is 16.9. The number of amides is 7. The van der Waals surface area contributed by atoms with E-state index in [0.29, 0.717) is 30.4 Å². The number of hydrogen-bond donors (Lipinski definition) is 10. The maximum Gasteiger partial charge on any atom is 0.328 e. The number of hydrogen-bond acceptors (Lipinski definition) is 12. The Bertz CT molecular complexity index is 2170. The predicted octanol–water partition coefficient (Wildman–Crippen LogP) is 1.43. The average Bonchev–Trinajstić information content (AvgIpc) is 3.25. The number of benzene rings is 2. The van der Waals surface area contributed by atoms with Crippen LogP contribution in [0.15, 0.2) is 72.0 Å². The molecule has 0 saturated carbocycles. The largest absolute Gasteiger partial charge is 0.508 e. The third kappa shape index (κ3) is 17.9. The topological polar surface area (TPSA) is 308 Å². The van der Waals surface area contributed by atoms with Gasteiger partial charge in [-0.25, -0.2) is 4.79 Å². The summed E-state index contributed by atoms with van der Waals surface area (Å²) in [4.78, 5) is 121. The average molecular weight is 934 g/mol. The van der Waals surface area contributed by atoms with Crippen LogP contribution in [0.4, 0.5) is 0 Å². The van der Waals surface area contributed by atoms with E-state index < -0.39 is 114 Å². The maximum absolute atomic E-state index is 14.4. The lowest BCUT2D eigenvalue weighted by atomic mass is 10.00. The minimum Gasteiger partial charge on any atom is -0.508 e. The SMILES string of the molecule is C/C=C1\NC(=O)[C@H](C)NC(=O)[C@@H](NC(=O)[C@H](Cc2ccc(O)cc2)NC(=O)[C@@H](NC(=O)C=C(C)C)C(C)C)[C@@H](C)OC(=O)[C@H](CCCCc2ccc(O)cc2)NC(=O)[C@@H](CCC(=O)O)NC1=O. The molecular weight excluding hydrogens is 871 g/mol. The van der Waals surface area contributed by atoms with Gasteiger partial charge in [0, 0.05) is 18.9 Å². The van der Waals surface area contributed by atoms with Crippen molar-refractivity contribution in [1.82, 2.24) is 37.2 Å². The summed E-state index contributed by atoms with van der Waals surface area (Å²) in [5, 5.41) is 46.7. The number of aromatic hydroxyl groups is 2. The van der Waals surface area contributed by atoms with Crippen molar-refractivity contribution in [2.24, 2.45) is 5.92 Å². The van der Waals surface area contributed by atoms with Crippen molar-refractivity contribution in [2.45, 2.75) is 136 Å². The molecule has 67 heavy (non-hydrogen) atoms. The molecule has 0 bridgehead atoms. The summed E-state index contributed by atoms with van der Waals surface area (Å²) in [6.07, 6.45) is 1.14. The van der Waals surface area contributed by atoms with Gasteiger partial charge in [-0.05, 0) is 102 Å². The normalized spacial score (nSPS) is 21.0. The number of carboxylic acid groups (broad SMARTS) is 1. The van der Waals surface area contributed by atoms with Gasteiger partial charge in [0.15, 0.2) is 0 Å². The molecule has 10 N–H and O–H groups in total. The lowest BCUT2D eigenvalue weighted by Crippen LogP contribution is -2.62. The van der Waals surface area contributed by atoms with Gasteiger partial charge < -0.3 is 57.3 Å². The molecule has 364 valence electrons. The number of carbonyl (C=O) groups excluding carboxylic acids is 8. The number of aliphatic carboxylic acids is 1. The molecule has 2 aromatic rings. The fourth-order valence-electron chi connectivity index (χ4n) is 6.82. The molecule has 7 atom stereocenters. The monoisotopic (exact) mass is 933 g/mol. The highest BCUT2D eigenvalue weighted by molar-refractivity contribution is 6.02. The Balaban J connectivity index is 2.06. The smallest absolute Gasteiger partial charge is 0.328 e. The summed E-state index contributed by atoms with van der Waals surface area (Å²) in [5.74, 6) is -8.89. The third-order valence-electron chi connectivity index (χ3n) is 10.6. The molecule has 1 heterocycles. The van der Waals surface area contributed by atoms with Gasteiger partial charge in [-0.2, -0.15) is 0 Å². The summed E-state index contributed by atoms with van der Waals surface area (Å²) < 4.78 is 5.80. The molecule has 1 fully saturated rings. The van der Waals surface area contributed by atoms with E-state index in [1.54, 1.807) is 39.8 Å². The van der Waals surface area contributed by atoms with E-state index in [0.717, 1.165) is 5.56 Å². The maximum atomic E-state index is 14.4. The molecule has 0 unspecified atom stereocenters. The van der Waals surface area contributed by atoms with Crippen LogP contribution in [-0.4, -0.2) is 111 Å². The van der Waals surface area contributed by atoms with Gasteiger partial charge in [-0.1, -0.05) is 56.2 Å². The number of esters is 1. The van der Waals surface area contributed by atoms with Gasteiger partial charge in [0.25, 0.3) is 5.91 Å². The highest BCUT2D eigenvalue weighted by Crippen LogP contribution is 2.17. The van der Waals surface area contributed by atoms with Gasteiger partial charge >= 0.3 is 11.9 Å². The number of nitrogens with one attached hydrogen (secondary N) is 7. The highest BCUT2D eigenvalue weighted by atomic mass is 16.5. The standard InChI is InChI=1S/C47H63N7O13/c1-8-33-42(61)50-34(21-22-38(58)59)43(62)51-35(12-10-9-11-29-13-17-31(55)18-14-29)47(66)67-28(7)40(46(65)48-27(6)41(60)49-33)54-44(63)36(24-30-15-19-32(56)20-16-30)52-45(64)39(26(4)5)53-37(57)23-25(2)3/h8,13-20,23,26-28,34-36,39-40,55-56H,9-12,21-22,24H2,1-7H3,(H,48,65)(H,49,60)(H,50,61)(H,51,62)(H,52,64)(H,53,57)(H,54,63)(H,58,59)/b33-8-/t27-,28+,34+,35-,36-,39-,40-/m0/s1. The van der Waals surface area contributed by atoms with Gasteiger partial charge in [0.1, 0.15) is 59.6 Å². The van der Waals surface area contributed by atoms with Crippen LogP contribution in [-0.2, 0) is 60.7 Å². The second-order valence-electron chi connectivity index (χ2n) is 16.9. The van der Waals surface area contributed by atoms with Crippen LogP contribution >= 0.6 is 0 Å². The fraction of sp³-hybridized carbons (Fsp3) is 0.468. The van der Waals surface area contributed by atoms with Crippen molar-refractivity contribution in [1.29, 1.82) is 0 Å². The summed E-state index contributed by atoms with van der Waals surface area (Å²) >= 11 is 0. The van der Waals surface area contributed by atoms with Crippen LogP contribution in [0.5, 0.6) is 11.5 Å². The van der Waals surface area contributed by atoms with E-state index in [1.807, 2.05) is 0 Å². The van der Waals surface area contributed by atoms with Crippen LogP contribution in [0.3, 0.4) is 0 Å². The zero-order chi connectivity index (χ0) is 50.0. The molecular formula is C47H63N7O13. The second kappa shape index (κ2) is 26.0. The summed E-state index contributed by atoms with van der Waals surface area (Å²) in [6, 6.07) is 3.57. The van der Waals surface area contributed by atoms with Gasteiger partial charge in [0.05, 0.1) is 0 Å². The van der Waals surface area contributed by atoms with Crippen LogP contribution in [0.25, 0.3) is 0 Å². The van der Waals surface area contributed by atoms with Crippen LogP contribution in [0.1, 0.15) is 91.7 Å². The Labute approximate surface area is 389 Å². The molecule has 7 amide bonds. The van der Waals surface area contributed by atoms with E-state index >= 15 is 0 Å². The van der Waals surface area contributed by atoms with Crippen molar-refractivity contribution < 1.29 is 63.2 Å². The summed E-state index contributed by atoms with van der Waals surface area (Å²) in [7, 11) is 0. The van der Waals surface area contributed by atoms with E-state index in [1.165, 1.54) is 69.3 Å². The molecule has 2 aromatic carbocycles. The van der Waals surface area contributed by atoms with Gasteiger partial charge in [-0.15, -0.1) is 0 Å². The Morgan fingerprint density at radius 1 is 0.761 bits per heavy atom. The fourth-order valence-corrected chi connectivity index (χ4v) is 6.82. The number of rotatable bonds is 17. The number of aryl methyl sites for hydroxylation is 1. The number of unbranched alkanes of at least 4 members (excludes halogenated alkanes) is 1. The third-order valence-corrected chi connectivity index (χ3v) is 10.6. The van der Waals surface area contributed by atoms with Crippen molar-refractivity contribution in [2.75, 3.05) is 0 Å². The first-order valence-electron chi connectivity index (χ1n) is 22.0. The van der Waals surface area contributed by atoms with Crippen LogP contribution in [0.2, 0.25) is 0 Å². The molecule has 1 aliphatic heterocycles. The minimum absolute atomic E-state index is 0.0344. The van der Waals surface area contributed by atoms with E-state index in [2.05, 4.69) is 37.2 Å². The zero-order valence-electron chi connectivity index (χ0n) is 38.8. The molecule has 1 saturated heterocycles. The summed E-state index contributed by atoms with van der Waals surface area (Å²) in [5.41, 5.74) is 1.67. The molecule has 3 rings (SSSR count). The van der Waals surface area contributed by atoms with Crippen molar-refractivity contribution in [3.05, 3.63) is 83.1 Å². The zero-order valence-corrected chi connectivity index (χ0v) is 38.8. The van der Waals surface area contributed by atoms with Crippen LogP contribution in [0, 0.1) is 5.92 Å². The van der Waals surface area contributed by atoms with E-state index in [9.17, 15) is 58.5 Å². The van der Waals surface area contributed by atoms with Gasteiger partial charge in [-0.3, -0.25) is 38.4 Å². The van der Waals surface area contributed by atoms with E-state index in [-0.39, 0.29) is 30.0 Å². The Morgan fingerprint density at radius 2 is 1.37 bits per heavy atom. The number of allylic oxidation sites excluding steroid dienone is 2. The quantitative estimate of drug-likeness (QED) is 0.0611. The first kappa shape index (κ1) is 54.1. The van der Waals surface area contributed by atoms with Crippen LogP contribution < -0.4 is 37.2 Å². The molecule has 20 nitrogen and oxygen atoms in total. The summed E-state index contributed by atoms with van der Waals surface area (Å²) in [6.45, 7) is 10.8. The number of cyclic esters (lactones) is 1. The van der Waals surface area contributed by atoms with Crippen molar-refractivity contribution in [3.63, 3.8) is 0 Å². The number of ether oxygens (including phenoxy) is 1. The predicted molar refractivity (Wildman–Crippen MR) is 243 cm³/mol. The Hall–Kier alpha value is -7.25. The molecule has 20 heteroatoms. The lowest BCUT2D eigenvalue weighted by molar-refractivity contribution is -0.156. The number of phenolic OH excluding ortho intramolecular Hbond substituents is 2. The number of phenols is 2. The number of carboxylic acids is 1. The van der Waals surface area contributed by atoms with Gasteiger partial charge in [0.2, 0.25) is 35.4 Å². The molecule has 0 aromatic heterocycles. The van der Waals surface area contributed by atoms with Crippen molar-refractivity contribution in [3.8, 4) is 11.5 Å². The Kier molecular flexibility index (Phi) is 21.0. The molecule has 0 aliphatic carbocycles. The highest BCUT2D eigenvalue weighted by Gasteiger charge is 2.38. The lowest BCUT2D eigenvalue weighted by Gasteiger charge is -2.30. The molecule has 0 spiro atoms. The molecule has 1 aliphatic rings. The number of carbonyl (C=O) groups is 9. The van der Waals surface area contributed by atoms with E-state index in [4.69, 9.17) is 4.74 Å². The minimum atomic E-state index is -1.77. The van der Waals surface area contributed by atoms with Crippen molar-refractivity contribution >= 4 is 53.3 Å². The first-order chi connectivity index (χ1) is 31.6. The molecule has 0 radical (unpaired) electrons.